The van der Waals surface area contributed by atoms with Gasteiger partial charge < -0.3 is 10.4 Å². The van der Waals surface area contributed by atoms with Crippen molar-refractivity contribution in [3.63, 3.8) is 0 Å². The molecule has 1 aromatic rings. The fraction of sp³-hybridized carbons (Fsp3) is 0.429. The number of benzene rings is 1. The molecule has 0 spiro atoms. The van der Waals surface area contributed by atoms with E-state index in [1.54, 1.807) is 18.2 Å². The largest absolute Gasteiger partial charge is 0.481 e. The van der Waals surface area contributed by atoms with Crippen molar-refractivity contribution in [3.8, 4) is 0 Å². The van der Waals surface area contributed by atoms with Crippen LogP contribution in [0, 0.1) is 5.92 Å². The summed E-state index contributed by atoms with van der Waals surface area (Å²) in [5.41, 5.74) is 0.756. The predicted octanol–water partition coefficient (Wildman–Crippen LogP) is 2.25. The zero-order valence-electron chi connectivity index (χ0n) is 10.4. The van der Waals surface area contributed by atoms with Gasteiger partial charge in [-0.1, -0.05) is 36.2 Å². The maximum Gasteiger partial charge on any atom is 0.308 e. The van der Waals surface area contributed by atoms with Crippen LogP contribution in [0.5, 0.6) is 0 Å². The van der Waals surface area contributed by atoms with Gasteiger partial charge in [-0.2, -0.15) is 0 Å². The smallest absolute Gasteiger partial charge is 0.308 e. The Bertz CT molecular complexity index is 489. The van der Waals surface area contributed by atoms with Crippen LogP contribution in [0.2, 0.25) is 5.02 Å². The fourth-order valence-corrected chi connectivity index (χ4v) is 2.70. The number of hydrogen-bond donors (Lipinski definition) is 2. The van der Waals surface area contributed by atoms with Crippen LogP contribution < -0.4 is 5.32 Å². The predicted molar refractivity (Wildman–Crippen MR) is 72.1 cm³/mol. The molecule has 1 amide bonds. The summed E-state index contributed by atoms with van der Waals surface area (Å²) < 4.78 is 0. The summed E-state index contributed by atoms with van der Waals surface area (Å²) in [4.78, 5) is 23.0. The molecule has 1 aromatic carbocycles. The van der Waals surface area contributed by atoms with Gasteiger partial charge in [0, 0.05) is 11.1 Å². The van der Waals surface area contributed by atoms with Gasteiger partial charge in [0.15, 0.2) is 0 Å². The molecule has 2 rings (SSSR count). The van der Waals surface area contributed by atoms with Gasteiger partial charge in [-0.15, -0.1) is 0 Å². The van der Waals surface area contributed by atoms with Crippen LogP contribution in [0.4, 0.5) is 0 Å². The molecule has 0 saturated heterocycles. The Morgan fingerprint density at radius 1 is 1.32 bits per heavy atom. The van der Waals surface area contributed by atoms with E-state index >= 15 is 0 Å². The Balaban J connectivity index is 1.95. The molecule has 2 unspecified atom stereocenters. The van der Waals surface area contributed by atoms with E-state index in [0.29, 0.717) is 11.4 Å². The van der Waals surface area contributed by atoms with E-state index in [1.165, 1.54) is 0 Å². The summed E-state index contributed by atoms with van der Waals surface area (Å²) in [5.74, 6) is -1.47. The molecule has 4 nitrogen and oxygen atoms in total. The minimum atomic E-state index is -0.833. The van der Waals surface area contributed by atoms with Crippen LogP contribution in [0.15, 0.2) is 24.3 Å². The minimum absolute atomic E-state index is 0.175. The van der Waals surface area contributed by atoms with E-state index in [0.717, 1.165) is 18.4 Å². The van der Waals surface area contributed by atoms with Crippen molar-refractivity contribution >= 4 is 23.5 Å². The molecule has 102 valence electrons. The highest BCUT2D eigenvalue weighted by atomic mass is 35.5. The van der Waals surface area contributed by atoms with Crippen molar-refractivity contribution in [3.05, 3.63) is 34.9 Å². The van der Waals surface area contributed by atoms with Gasteiger partial charge in [0.25, 0.3) is 0 Å². The van der Waals surface area contributed by atoms with Crippen molar-refractivity contribution in [2.24, 2.45) is 5.92 Å². The Morgan fingerprint density at radius 2 is 2.05 bits per heavy atom. The van der Waals surface area contributed by atoms with Gasteiger partial charge in [-0.3, -0.25) is 9.59 Å². The SMILES string of the molecule is O=C(Cc1ccccc1Cl)NC1CCCC1C(=O)O. The second-order valence-electron chi connectivity index (χ2n) is 4.82. The van der Waals surface area contributed by atoms with Crippen molar-refractivity contribution in [1.82, 2.24) is 5.32 Å². The number of carboxylic acid groups (broad SMARTS) is 1. The van der Waals surface area contributed by atoms with E-state index in [4.69, 9.17) is 16.7 Å². The Morgan fingerprint density at radius 3 is 2.74 bits per heavy atom. The zero-order valence-corrected chi connectivity index (χ0v) is 11.2. The van der Waals surface area contributed by atoms with Crippen LogP contribution in [0.3, 0.4) is 0 Å². The standard InChI is InChI=1S/C14H16ClNO3/c15-11-6-2-1-4-9(11)8-13(17)16-12-7-3-5-10(12)14(18)19/h1-2,4,6,10,12H,3,5,7-8H2,(H,16,17)(H,18,19). The van der Waals surface area contributed by atoms with Gasteiger partial charge in [0.2, 0.25) is 5.91 Å². The first-order chi connectivity index (χ1) is 9.08. The highest BCUT2D eigenvalue weighted by Gasteiger charge is 2.33. The lowest BCUT2D eigenvalue weighted by Gasteiger charge is -2.17. The number of amides is 1. The molecule has 1 saturated carbocycles. The lowest BCUT2D eigenvalue weighted by Crippen LogP contribution is -2.40. The number of rotatable bonds is 4. The molecular weight excluding hydrogens is 266 g/mol. The Labute approximate surface area is 116 Å². The van der Waals surface area contributed by atoms with Gasteiger partial charge >= 0.3 is 5.97 Å². The number of carbonyl (C=O) groups is 2. The molecule has 2 N–H and O–H groups in total. The summed E-state index contributed by atoms with van der Waals surface area (Å²) in [6, 6.07) is 6.91. The van der Waals surface area contributed by atoms with Crippen molar-refractivity contribution in [1.29, 1.82) is 0 Å². The summed E-state index contributed by atoms with van der Waals surface area (Å²) in [5, 5.41) is 12.4. The maximum atomic E-state index is 11.9. The van der Waals surface area contributed by atoms with Crippen LogP contribution >= 0.6 is 11.6 Å². The molecule has 1 fully saturated rings. The first-order valence-electron chi connectivity index (χ1n) is 6.33. The lowest BCUT2D eigenvalue weighted by atomic mass is 10.0. The highest BCUT2D eigenvalue weighted by Crippen LogP contribution is 2.26. The number of halogens is 1. The summed E-state index contributed by atoms with van der Waals surface area (Å²) in [6.07, 6.45) is 2.38. The van der Waals surface area contributed by atoms with E-state index < -0.39 is 11.9 Å². The topological polar surface area (TPSA) is 66.4 Å². The van der Waals surface area contributed by atoms with E-state index in [-0.39, 0.29) is 18.4 Å². The van der Waals surface area contributed by atoms with Crippen LogP contribution in [0.25, 0.3) is 0 Å². The van der Waals surface area contributed by atoms with E-state index in [9.17, 15) is 9.59 Å². The Kier molecular flexibility index (Phi) is 4.43. The first kappa shape index (κ1) is 13.9. The third-order valence-electron chi connectivity index (χ3n) is 3.49. The third kappa shape index (κ3) is 3.47. The molecular formula is C14H16ClNO3. The number of carboxylic acids is 1. The lowest BCUT2D eigenvalue weighted by molar-refractivity contribution is -0.142. The van der Waals surface area contributed by atoms with Crippen molar-refractivity contribution in [2.45, 2.75) is 31.7 Å². The van der Waals surface area contributed by atoms with E-state index in [1.807, 2.05) is 6.07 Å². The Hall–Kier alpha value is -1.55. The molecule has 0 bridgehead atoms. The quantitative estimate of drug-likeness (QED) is 0.889. The maximum absolute atomic E-state index is 11.9. The van der Waals surface area contributed by atoms with Crippen molar-refractivity contribution < 1.29 is 14.7 Å². The monoisotopic (exact) mass is 281 g/mol. The molecule has 19 heavy (non-hydrogen) atoms. The summed E-state index contributed by atoms with van der Waals surface area (Å²) >= 11 is 5.99. The summed E-state index contributed by atoms with van der Waals surface area (Å²) in [7, 11) is 0. The van der Waals surface area contributed by atoms with Crippen LogP contribution in [-0.2, 0) is 16.0 Å². The molecule has 5 heteroatoms. The average Bonchev–Trinajstić information content (AvgIpc) is 2.80. The fourth-order valence-electron chi connectivity index (χ4n) is 2.50. The molecule has 0 heterocycles. The highest BCUT2D eigenvalue weighted by molar-refractivity contribution is 6.31. The average molecular weight is 282 g/mol. The zero-order chi connectivity index (χ0) is 13.8. The second-order valence-corrected chi connectivity index (χ2v) is 5.23. The van der Waals surface area contributed by atoms with Crippen LogP contribution in [0.1, 0.15) is 24.8 Å². The number of carbonyl (C=O) groups excluding carboxylic acids is 1. The van der Waals surface area contributed by atoms with Gasteiger partial charge in [-0.25, -0.2) is 0 Å². The number of aliphatic carboxylic acids is 1. The van der Waals surface area contributed by atoms with E-state index in [2.05, 4.69) is 5.32 Å². The normalized spacial score (nSPS) is 22.2. The number of hydrogen-bond acceptors (Lipinski definition) is 2. The van der Waals surface area contributed by atoms with Crippen LogP contribution in [-0.4, -0.2) is 23.0 Å². The molecule has 0 aliphatic heterocycles. The molecule has 2 atom stereocenters. The molecule has 0 aromatic heterocycles. The van der Waals surface area contributed by atoms with Crippen molar-refractivity contribution in [2.75, 3.05) is 0 Å². The second kappa shape index (κ2) is 6.06. The number of nitrogens with one attached hydrogen (secondary N) is 1. The summed E-state index contributed by atoms with van der Waals surface area (Å²) in [6.45, 7) is 0. The minimum Gasteiger partial charge on any atom is -0.481 e. The molecule has 1 aliphatic carbocycles. The van der Waals surface area contributed by atoms with Gasteiger partial charge in [-0.05, 0) is 24.5 Å². The third-order valence-corrected chi connectivity index (χ3v) is 3.86. The van der Waals surface area contributed by atoms with Gasteiger partial charge in [0.05, 0.1) is 12.3 Å². The van der Waals surface area contributed by atoms with Gasteiger partial charge in [0.1, 0.15) is 0 Å². The first-order valence-corrected chi connectivity index (χ1v) is 6.71. The molecule has 1 aliphatic rings. The molecule has 0 radical (unpaired) electrons.